The Balaban J connectivity index is 1.87. The zero-order valence-electron chi connectivity index (χ0n) is 20.7. The van der Waals surface area contributed by atoms with Crippen LogP contribution in [0.15, 0.2) is 91.0 Å². The van der Waals surface area contributed by atoms with Crippen LogP contribution >= 0.6 is 0 Å². The number of methoxy groups -OCH3 is 2. The van der Waals surface area contributed by atoms with Crippen LogP contribution in [0.4, 0.5) is 13.2 Å². The van der Waals surface area contributed by atoms with Crippen LogP contribution in [0.3, 0.4) is 0 Å². The predicted octanol–water partition coefficient (Wildman–Crippen LogP) is 4.23. The molecule has 1 aliphatic heterocycles. The van der Waals surface area contributed by atoms with Crippen LogP contribution in [0, 0.1) is 0 Å². The summed E-state index contributed by atoms with van der Waals surface area (Å²) in [5, 5.41) is 10.7. The zero-order chi connectivity index (χ0) is 27.6. The molecule has 1 N–H and O–H groups in total. The van der Waals surface area contributed by atoms with E-state index in [0.717, 1.165) is 14.2 Å². The quantitative estimate of drug-likeness (QED) is 0.317. The Hall–Kier alpha value is -2.80. The fourth-order valence-electron chi connectivity index (χ4n) is 5.04. The van der Waals surface area contributed by atoms with E-state index in [9.17, 15) is 26.7 Å². The Morgan fingerprint density at radius 2 is 1.24 bits per heavy atom. The first-order valence-corrected chi connectivity index (χ1v) is 13.2. The number of aliphatic hydroxyl groups is 1. The lowest BCUT2D eigenvalue weighted by molar-refractivity contribution is -0.297. The molecular weight excluding hydrogens is 523 g/mol. The highest BCUT2D eigenvalue weighted by atomic mass is 32.2. The molecule has 2 unspecified atom stereocenters. The van der Waals surface area contributed by atoms with Gasteiger partial charge in [-0.2, -0.15) is 13.2 Å². The molecule has 1 saturated heterocycles. The van der Waals surface area contributed by atoms with Gasteiger partial charge in [-0.3, -0.25) is 0 Å². The van der Waals surface area contributed by atoms with E-state index in [1.165, 1.54) is 0 Å². The summed E-state index contributed by atoms with van der Waals surface area (Å²) < 4.78 is 83.7. The van der Waals surface area contributed by atoms with E-state index in [1.54, 1.807) is 36.4 Å². The van der Waals surface area contributed by atoms with Crippen molar-refractivity contribution in [3.63, 3.8) is 0 Å². The van der Waals surface area contributed by atoms with Gasteiger partial charge < -0.3 is 19.3 Å². The van der Waals surface area contributed by atoms with Crippen LogP contribution in [0.5, 0.6) is 0 Å². The first-order chi connectivity index (χ1) is 18.0. The average molecular weight is 552 g/mol. The second-order valence-corrected chi connectivity index (χ2v) is 10.6. The summed E-state index contributed by atoms with van der Waals surface area (Å²) >= 11 is 0. The molecule has 0 amide bonds. The molecule has 0 spiro atoms. The van der Waals surface area contributed by atoms with Crippen molar-refractivity contribution in [2.75, 3.05) is 20.8 Å². The highest BCUT2D eigenvalue weighted by Crippen LogP contribution is 2.45. The third-order valence-electron chi connectivity index (χ3n) is 6.72. The number of hydrogen-bond donors (Lipinski definition) is 1. The molecule has 1 fully saturated rings. The number of alkyl halides is 3. The van der Waals surface area contributed by atoms with E-state index >= 15 is 0 Å². The van der Waals surface area contributed by atoms with Gasteiger partial charge in [-0.05, 0) is 23.1 Å². The zero-order valence-corrected chi connectivity index (χ0v) is 21.5. The van der Waals surface area contributed by atoms with Gasteiger partial charge in [0.25, 0.3) is 5.91 Å². The third-order valence-corrected chi connectivity index (χ3v) is 8.38. The van der Waals surface area contributed by atoms with Crippen molar-refractivity contribution in [1.82, 2.24) is 4.31 Å². The fraction of sp³-hybridized carbons (Fsp3) is 0.333. The highest BCUT2D eigenvalue weighted by molar-refractivity contribution is 7.90. The monoisotopic (exact) mass is 551 g/mol. The highest BCUT2D eigenvalue weighted by Gasteiger charge is 2.66. The van der Waals surface area contributed by atoms with Crippen LogP contribution < -0.4 is 0 Å². The largest absolute Gasteiger partial charge is 0.511 e. The third kappa shape index (κ3) is 4.63. The van der Waals surface area contributed by atoms with Gasteiger partial charge in [0, 0.05) is 14.2 Å². The van der Waals surface area contributed by atoms with E-state index in [1.807, 2.05) is 54.6 Å². The molecule has 0 bridgehead atoms. The molecule has 0 aliphatic carbocycles. The molecule has 0 radical (unpaired) electrons. The Kier molecular flexibility index (Phi) is 7.99. The van der Waals surface area contributed by atoms with E-state index in [4.69, 9.17) is 14.2 Å². The summed E-state index contributed by atoms with van der Waals surface area (Å²) in [4.78, 5) is 0. The van der Waals surface area contributed by atoms with Crippen LogP contribution in [0.25, 0.3) is 0 Å². The van der Waals surface area contributed by atoms with E-state index in [0.29, 0.717) is 16.7 Å². The lowest BCUT2D eigenvalue weighted by atomic mass is 9.80. The number of hydrogen-bond acceptors (Lipinski definition) is 6. The Morgan fingerprint density at radius 3 is 1.58 bits per heavy atom. The Labute approximate surface area is 219 Å². The molecule has 3 aromatic rings. The molecule has 1 aliphatic rings. The molecule has 38 heavy (non-hydrogen) atoms. The lowest BCUT2D eigenvalue weighted by Crippen LogP contribution is -2.60. The Bertz CT molecular complexity index is 1210. The Morgan fingerprint density at radius 1 is 0.842 bits per heavy atom. The van der Waals surface area contributed by atoms with Crippen molar-refractivity contribution in [3.05, 3.63) is 108 Å². The second kappa shape index (κ2) is 10.8. The van der Waals surface area contributed by atoms with Gasteiger partial charge in [0.2, 0.25) is 0 Å². The average Bonchev–Trinajstić information content (AvgIpc) is 3.22. The minimum atomic E-state index is -6.01. The molecule has 2 atom stereocenters. The molecule has 7 nitrogen and oxygen atoms in total. The van der Waals surface area contributed by atoms with Gasteiger partial charge in [-0.1, -0.05) is 91.0 Å². The first kappa shape index (κ1) is 28.2. The first-order valence-electron chi connectivity index (χ1n) is 11.7. The number of ether oxygens (including phenoxy) is 3. The van der Waals surface area contributed by atoms with E-state index in [2.05, 4.69) is 0 Å². The predicted molar refractivity (Wildman–Crippen MR) is 133 cm³/mol. The van der Waals surface area contributed by atoms with Gasteiger partial charge in [-0.15, -0.1) is 4.31 Å². The van der Waals surface area contributed by atoms with Crippen LogP contribution in [-0.4, -0.2) is 62.2 Å². The standard InChI is InChI=1S/C27H28F3NO6S/c1-35-26(36-2)24(32)18-23(31(26)38(33,34)27(28,29)30)19-37-25(20-12-6-3-7-13-20,21-14-8-4-9-15-21)22-16-10-5-11-17-22/h3-17,23-24,32H,18-19H2,1-2H3. The molecule has 204 valence electrons. The van der Waals surface area contributed by atoms with Crippen LogP contribution in [-0.2, 0) is 29.8 Å². The lowest BCUT2D eigenvalue weighted by Gasteiger charge is -2.40. The van der Waals surface area contributed by atoms with Crippen molar-refractivity contribution in [3.8, 4) is 0 Å². The number of rotatable bonds is 9. The molecule has 11 heteroatoms. The molecule has 1 heterocycles. The normalized spacial score (nSPS) is 20.5. The summed E-state index contributed by atoms with van der Waals surface area (Å²) in [7, 11) is -4.07. The molecule has 0 saturated carbocycles. The summed E-state index contributed by atoms with van der Waals surface area (Å²) in [5.74, 6) is -2.59. The smallest absolute Gasteiger partial charge is 0.386 e. The minimum Gasteiger partial charge on any atom is -0.386 e. The van der Waals surface area contributed by atoms with Crippen molar-refractivity contribution in [1.29, 1.82) is 0 Å². The van der Waals surface area contributed by atoms with Gasteiger partial charge in [0.1, 0.15) is 11.7 Å². The maximum absolute atomic E-state index is 13.8. The van der Waals surface area contributed by atoms with Gasteiger partial charge in [0.05, 0.1) is 12.6 Å². The van der Waals surface area contributed by atoms with Crippen LogP contribution in [0.2, 0.25) is 0 Å². The number of sulfonamides is 1. The number of aliphatic hydroxyl groups excluding tert-OH is 1. The maximum Gasteiger partial charge on any atom is 0.511 e. The number of benzene rings is 3. The summed E-state index contributed by atoms with van der Waals surface area (Å²) in [6.45, 7) is -0.528. The molecule has 3 aromatic carbocycles. The maximum atomic E-state index is 13.8. The topological polar surface area (TPSA) is 85.3 Å². The summed E-state index contributed by atoms with van der Waals surface area (Å²) in [5.41, 5.74) is -4.98. The molecule has 0 aromatic heterocycles. The van der Waals surface area contributed by atoms with Gasteiger partial charge >= 0.3 is 15.5 Å². The molecular formula is C27H28F3NO6S. The van der Waals surface area contributed by atoms with Crippen molar-refractivity contribution >= 4 is 10.0 Å². The number of nitrogens with zero attached hydrogens (tertiary/aromatic N) is 1. The number of halogens is 3. The van der Waals surface area contributed by atoms with Crippen LogP contribution in [0.1, 0.15) is 23.1 Å². The molecule has 4 rings (SSSR count). The van der Waals surface area contributed by atoms with Crippen molar-refractivity contribution in [2.45, 2.75) is 35.6 Å². The van der Waals surface area contributed by atoms with Gasteiger partial charge in [-0.25, -0.2) is 8.42 Å². The summed E-state index contributed by atoms with van der Waals surface area (Å²) in [6, 6.07) is 25.7. The fourth-order valence-corrected chi connectivity index (χ4v) is 6.41. The van der Waals surface area contributed by atoms with Gasteiger partial charge in [0.15, 0.2) is 0 Å². The van der Waals surface area contributed by atoms with E-state index in [-0.39, 0.29) is 4.31 Å². The van der Waals surface area contributed by atoms with Crippen molar-refractivity contribution < 1.29 is 40.9 Å². The minimum absolute atomic E-state index is 0.0381. The SMILES string of the molecule is COC1(OC)C(O)CC(COC(c2ccccc2)(c2ccccc2)c2ccccc2)N1S(=O)(=O)C(F)(F)F. The van der Waals surface area contributed by atoms with Crippen molar-refractivity contribution in [2.24, 2.45) is 0 Å². The summed E-state index contributed by atoms with van der Waals surface area (Å²) in [6.07, 6.45) is -2.14. The second-order valence-electron chi connectivity index (χ2n) is 8.78. The van der Waals surface area contributed by atoms with E-state index < -0.39 is 52.2 Å².